The molecule has 0 aliphatic rings. The molecule has 8 nitrogen and oxygen atoms in total. The first-order valence-electron chi connectivity index (χ1n) is 12.4. The number of hydrogen-bond donors (Lipinski definition) is 1. The molecule has 208 valence electrons. The fourth-order valence-electron chi connectivity index (χ4n) is 3.83. The Bertz CT molecular complexity index is 1370. The molecule has 3 aromatic rings. The summed E-state index contributed by atoms with van der Waals surface area (Å²) in [5.74, 6) is -1.02. The summed E-state index contributed by atoms with van der Waals surface area (Å²) >= 11 is 3.38. The molecule has 2 amide bonds. The third-order valence-electron chi connectivity index (χ3n) is 5.90. The molecule has 0 bridgehead atoms. The summed E-state index contributed by atoms with van der Waals surface area (Å²) in [5.41, 5.74) is 0.860. The third-order valence-corrected chi connectivity index (χ3v) is 8.22. The lowest BCUT2D eigenvalue weighted by Crippen LogP contribution is -2.51. The Morgan fingerprint density at radius 1 is 0.974 bits per heavy atom. The Labute approximate surface area is 236 Å². The van der Waals surface area contributed by atoms with Crippen LogP contribution in [0.3, 0.4) is 0 Å². The number of carbonyl (C=O) groups excluding carboxylic acids is 2. The van der Waals surface area contributed by atoms with Gasteiger partial charge in [0.25, 0.3) is 10.0 Å². The van der Waals surface area contributed by atoms with Crippen molar-refractivity contribution in [1.29, 1.82) is 0 Å². The molecular weight excluding hydrogens is 589 g/mol. The van der Waals surface area contributed by atoms with E-state index in [0.29, 0.717) is 18.9 Å². The van der Waals surface area contributed by atoms with E-state index in [-0.39, 0.29) is 23.0 Å². The van der Waals surface area contributed by atoms with Crippen molar-refractivity contribution in [1.82, 2.24) is 10.2 Å². The maximum atomic E-state index is 13.8. The number of sulfonamides is 1. The molecule has 0 aliphatic heterocycles. The van der Waals surface area contributed by atoms with Gasteiger partial charge in [0.05, 0.1) is 17.2 Å². The van der Waals surface area contributed by atoms with Crippen molar-refractivity contribution in [3.8, 4) is 5.75 Å². The highest BCUT2D eigenvalue weighted by atomic mass is 79.9. The number of benzene rings is 3. The Kier molecular flexibility index (Phi) is 10.5. The van der Waals surface area contributed by atoms with E-state index in [1.807, 2.05) is 31.2 Å². The molecule has 0 radical (unpaired) electrons. The van der Waals surface area contributed by atoms with Gasteiger partial charge in [-0.3, -0.25) is 13.9 Å². The van der Waals surface area contributed by atoms with Crippen LogP contribution in [0.2, 0.25) is 0 Å². The maximum absolute atomic E-state index is 13.8. The van der Waals surface area contributed by atoms with Gasteiger partial charge in [0.15, 0.2) is 0 Å². The third kappa shape index (κ3) is 7.79. The number of likely N-dealkylation sites (N-methyl/N-ethyl adjacent to an activating group) is 1. The number of ether oxygens (including phenoxy) is 1. The summed E-state index contributed by atoms with van der Waals surface area (Å²) in [6, 6.07) is 17.0. The van der Waals surface area contributed by atoms with Gasteiger partial charge in [-0.1, -0.05) is 28.1 Å². The maximum Gasteiger partial charge on any atom is 0.264 e. The van der Waals surface area contributed by atoms with Gasteiger partial charge in [-0.25, -0.2) is 12.8 Å². The zero-order valence-corrected chi connectivity index (χ0v) is 24.3. The van der Waals surface area contributed by atoms with Gasteiger partial charge in [0.1, 0.15) is 24.2 Å². The average Bonchev–Trinajstić information content (AvgIpc) is 2.92. The fraction of sp³-hybridized carbons (Fsp3) is 0.286. The molecule has 0 fully saturated rings. The van der Waals surface area contributed by atoms with Crippen LogP contribution >= 0.6 is 15.9 Å². The molecule has 0 aliphatic carbocycles. The highest BCUT2D eigenvalue weighted by Crippen LogP contribution is 2.26. The summed E-state index contributed by atoms with van der Waals surface area (Å²) < 4.78 is 48.5. The molecule has 0 aromatic heterocycles. The standard InChI is InChI=1S/C28H31BrFN3O5S/c1-4-31-28(35)20(3)32(18-21-6-8-22(29)9-7-21)27(34)19-33(24-12-10-23(30)11-13-24)39(36,37)26-16-14-25(15-17-26)38-5-2/h6-17,20H,4-5,18-19H2,1-3H3,(H,31,35)/t20-/m0/s1. The number of nitrogens with zero attached hydrogens (tertiary/aromatic N) is 2. The molecule has 0 saturated heterocycles. The topological polar surface area (TPSA) is 96.0 Å². The highest BCUT2D eigenvalue weighted by molar-refractivity contribution is 9.10. The number of rotatable bonds is 12. The van der Waals surface area contributed by atoms with Gasteiger partial charge in [0.2, 0.25) is 11.8 Å². The Morgan fingerprint density at radius 3 is 2.15 bits per heavy atom. The lowest BCUT2D eigenvalue weighted by Gasteiger charge is -2.32. The van der Waals surface area contributed by atoms with Crippen LogP contribution in [0.5, 0.6) is 5.75 Å². The van der Waals surface area contributed by atoms with Crippen LogP contribution in [0.1, 0.15) is 26.3 Å². The molecule has 39 heavy (non-hydrogen) atoms. The normalized spacial score (nSPS) is 11.9. The summed E-state index contributed by atoms with van der Waals surface area (Å²) in [4.78, 5) is 27.8. The lowest BCUT2D eigenvalue weighted by molar-refractivity contribution is -0.139. The number of carbonyl (C=O) groups is 2. The van der Waals surface area contributed by atoms with E-state index in [0.717, 1.165) is 26.5 Å². The minimum atomic E-state index is -4.26. The first-order valence-corrected chi connectivity index (χ1v) is 14.6. The Morgan fingerprint density at radius 2 is 1.59 bits per heavy atom. The summed E-state index contributed by atoms with van der Waals surface area (Å²) in [7, 11) is -4.26. The van der Waals surface area contributed by atoms with Crippen LogP contribution in [0.25, 0.3) is 0 Å². The summed E-state index contributed by atoms with van der Waals surface area (Å²) in [6.45, 7) is 5.42. The predicted octanol–water partition coefficient (Wildman–Crippen LogP) is 4.74. The molecule has 0 heterocycles. The van der Waals surface area contributed by atoms with Crippen LogP contribution in [0, 0.1) is 5.82 Å². The van der Waals surface area contributed by atoms with Crippen molar-refractivity contribution in [2.45, 2.75) is 38.3 Å². The zero-order chi connectivity index (χ0) is 28.6. The number of halogens is 2. The minimum Gasteiger partial charge on any atom is -0.494 e. The van der Waals surface area contributed by atoms with Crippen molar-refractivity contribution < 1.29 is 27.1 Å². The number of nitrogens with one attached hydrogen (secondary N) is 1. The van der Waals surface area contributed by atoms with E-state index in [1.165, 1.54) is 41.3 Å². The highest BCUT2D eigenvalue weighted by Gasteiger charge is 2.32. The largest absolute Gasteiger partial charge is 0.494 e. The smallest absolute Gasteiger partial charge is 0.264 e. The second-order valence-electron chi connectivity index (χ2n) is 8.61. The average molecular weight is 621 g/mol. The van der Waals surface area contributed by atoms with Crippen molar-refractivity contribution in [3.05, 3.63) is 88.6 Å². The van der Waals surface area contributed by atoms with Crippen LogP contribution in [0.4, 0.5) is 10.1 Å². The van der Waals surface area contributed by atoms with Gasteiger partial charge in [-0.05, 0) is 87.0 Å². The SMILES string of the molecule is CCNC(=O)[C@H](C)N(Cc1ccc(Br)cc1)C(=O)CN(c1ccc(F)cc1)S(=O)(=O)c1ccc(OCC)cc1. The molecule has 1 N–H and O–H groups in total. The molecule has 0 saturated carbocycles. The second-order valence-corrected chi connectivity index (χ2v) is 11.4. The lowest BCUT2D eigenvalue weighted by atomic mass is 10.1. The van der Waals surface area contributed by atoms with E-state index in [1.54, 1.807) is 13.8 Å². The molecule has 3 aromatic carbocycles. The molecule has 3 rings (SSSR count). The number of hydrogen-bond acceptors (Lipinski definition) is 5. The quantitative estimate of drug-likeness (QED) is 0.316. The molecule has 0 spiro atoms. The van der Waals surface area contributed by atoms with Crippen LogP contribution in [-0.4, -0.2) is 50.9 Å². The van der Waals surface area contributed by atoms with Crippen LogP contribution in [0.15, 0.2) is 82.2 Å². The molecule has 1 atom stereocenters. The van der Waals surface area contributed by atoms with Crippen molar-refractivity contribution in [2.75, 3.05) is 24.0 Å². The predicted molar refractivity (Wildman–Crippen MR) is 151 cm³/mol. The second kappa shape index (κ2) is 13.6. The van der Waals surface area contributed by atoms with E-state index < -0.39 is 34.3 Å². The molecule has 11 heteroatoms. The van der Waals surface area contributed by atoms with Crippen molar-refractivity contribution in [3.63, 3.8) is 0 Å². The first-order chi connectivity index (χ1) is 18.6. The van der Waals surface area contributed by atoms with Crippen LogP contribution in [-0.2, 0) is 26.2 Å². The van der Waals surface area contributed by atoms with Crippen molar-refractivity contribution >= 4 is 43.5 Å². The van der Waals surface area contributed by atoms with Crippen LogP contribution < -0.4 is 14.4 Å². The zero-order valence-electron chi connectivity index (χ0n) is 21.9. The first kappa shape index (κ1) is 30.1. The summed E-state index contributed by atoms with van der Waals surface area (Å²) in [5, 5.41) is 2.71. The van der Waals surface area contributed by atoms with E-state index in [9.17, 15) is 22.4 Å². The molecular formula is C28H31BrFN3O5S. The van der Waals surface area contributed by atoms with Gasteiger partial charge in [-0.15, -0.1) is 0 Å². The minimum absolute atomic E-state index is 0.0701. The fourth-order valence-corrected chi connectivity index (χ4v) is 5.51. The monoisotopic (exact) mass is 619 g/mol. The van der Waals surface area contributed by atoms with Crippen molar-refractivity contribution in [2.24, 2.45) is 0 Å². The van der Waals surface area contributed by atoms with Gasteiger partial charge >= 0.3 is 0 Å². The van der Waals surface area contributed by atoms with E-state index in [2.05, 4.69) is 21.2 Å². The number of amides is 2. The molecule has 0 unspecified atom stereocenters. The van der Waals surface area contributed by atoms with Gasteiger partial charge in [0, 0.05) is 17.6 Å². The number of anilines is 1. The van der Waals surface area contributed by atoms with E-state index >= 15 is 0 Å². The van der Waals surface area contributed by atoms with Gasteiger partial charge < -0.3 is 15.0 Å². The van der Waals surface area contributed by atoms with Gasteiger partial charge in [-0.2, -0.15) is 0 Å². The Balaban J connectivity index is 2.00. The van der Waals surface area contributed by atoms with E-state index in [4.69, 9.17) is 4.74 Å². The summed E-state index contributed by atoms with van der Waals surface area (Å²) in [6.07, 6.45) is 0. The Hall–Kier alpha value is -3.44.